The molecule has 0 saturated carbocycles. The van der Waals surface area contributed by atoms with Crippen LogP contribution < -0.4 is 9.47 Å². The first-order chi connectivity index (χ1) is 12.6. The molecule has 0 radical (unpaired) electrons. The van der Waals surface area contributed by atoms with E-state index in [0.717, 1.165) is 29.0 Å². The second-order valence-electron chi connectivity index (χ2n) is 7.20. The molecule has 136 valence electrons. The summed E-state index contributed by atoms with van der Waals surface area (Å²) in [6.45, 7) is 4.44. The average molecular weight is 353 g/mol. The number of hydrogen-bond donors (Lipinski definition) is 1. The molecule has 5 nitrogen and oxygen atoms in total. The summed E-state index contributed by atoms with van der Waals surface area (Å²) in [5.41, 5.74) is 3.53. The van der Waals surface area contributed by atoms with Gasteiger partial charge in [-0.2, -0.15) is 0 Å². The zero-order valence-corrected chi connectivity index (χ0v) is 14.9. The van der Waals surface area contributed by atoms with Crippen molar-refractivity contribution in [1.82, 2.24) is 4.90 Å². The highest BCUT2D eigenvalue weighted by Crippen LogP contribution is 2.32. The van der Waals surface area contributed by atoms with E-state index in [-0.39, 0.29) is 12.0 Å². The van der Waals surface area contributed by atoms with Crippen LogP contribution in [0.2, 0.25) is 0 Å². The van der Waals surface area contributed by atoms with E-state index < -0.39 is 5.97 Å². The van der Waals surface area contributed by atoms with Gasteiger partial charge in [-0.3, -0.25) is 9.69 Å². The number of rotatable bonds is 5. The normalized spacial score (nSPS) is 20.0. The monoisotopic (exact) mass is 353 g/mol. The molecule has 2 aliphatic rings. The fraction of sp³-hybridized carbons (Fsp3) is 0.381. The first-order valence-electron chi connectivity index (χ1n) is 8.99. The van der Waals surface area contributed by atoms with Gasteiger partial charge in [0.05, 0.1) is 5.92 Å². The Bertz CT molecular complexity index is 796. The minimum atomic E-state index is -0.700. The van der Waals surface area contributed by atoms with Gasteiger partial charge in [0, 0.05) is 25.2 Å². The van der Waals surface area contributed by atoms with E-state index in [0.29, 0.717) is 26.3 Å². The minimum absolute atomic E-state index is 0.228. The van der Waals surface area contributed by atoms with Gasteiger partial charge in [-0.1, -0.05) is 35.9 Å². The molecule has 0 aliphatic carbocycles. The van der Waals surface area contributed by atoms with Crippen molar-refractivity contribution in [2.45, 2.75) is 26.0 Å². The summed E-state index contributed by atoms with van der Waals surface area (Å²) in [4.78, 5) is 13.2. The second-order valence-corrected chi connectivity index (χ2v) is 7.20. The van der Waals surface area contributed by atoms with Crippen molar-refractivity contribution in [3.63, 3.8) is 0 Å². The lowest BCUT2D eigenvalue weighted by atomic mass is 9.93. The summed E-state index contributed by atoms with van der Waals surface area (Å²) < 4.78 is 11.8. The molecule has 2 aliphatic heterocycles. The quantitative estimate of drug-likeness (QED) is 0.896. The van der Waals surface area contributed by atoms with Crippen LogP contribution in [0.5, 0.6) is 11.5 Å². The Morgan fingerprint density at radius 3 is 2.73 bits per heavy atom. The molecule has 0 aromatic heterocycles. The van der Waals surface area contributed by atoms with Crippen molar-refractivity contribution in [1.29, 1.82) is 0 Å². The predicted octanol–water partition coefficient (Wildman–Crippen LogP) is 2.89. The van der Waals surface area contributed by atoms with Gasteiger partial charge < -0.3 is 14.6 Å². The largest absolute Gasteiger partial charge is 0.492 e. The fourth-order valence-corrected chi connectivity index (χ4v) is 3.48. The number of hydrogen-bond acceptors (Lipinski definition) is 4. The number of carbonyl (C=O) groups is 1. The van der Waals surface area contributed by atoms with Crippen LogP contribution in [-0.2, 0) is 17.8 Å². The molecule has 5 heteroatoms. The third-order valence-electron chi connectivity index (χ3n) is 5.23. The summed E-state index contributed by atoms with van der Waals surface area (Å²) >= 11 is 0. The van der Waals surface area contributed by atoms with Crippen LogP contribution in [0, 0.1) is 12.8 Å². The molecule has 2 heterocycles. The van der Waals surface area contributed by atoms with Crippen molar-refractivity contribution >= 4 is 5.97 Å². The maximum Gasteiger partial charge on any atom is 0.309 e. The van der Waals surface area contributed by atoms with E-state index in [1.165, 1.54) is 5.56 Å². The Morgan fingerprint density at radius 2 is 2.00 bits per heavy atom. The van der Waals surface area contributed by atoms with Crippen LogP contribution in [-0.4, -0.2) is 41.7 Å². The number of nitrogens with zero attached hydrogens (tertiary/aromatic N) is 1. The van der Waals surface area contributed by atoms with Crippen LogP contribution in [0.3, 0.4) is 0 Å². The molecule has 2 aromatic carbocycles. The molecule has 0 spiro atoms. The Morgan fingerprint density at radius 1 is 1.23 bits per heavy atom. The summed E-state index contributed by atoms with van der Waals surface area (Å²) in [6.07, 6.45) is 0.889. The van der Waals surface area contributed by atoms with Crippen molar-refractivity contribution in [3.8, 4) is 11.5 Å². The number of carboxylic acid groups (broad SMARTS) is 1. The molecule has 1 saturated heterocycles. The van der Waals surface area contributed by atoms with Crippen molar-refractivity contribution in [3.05, 3.63) is 59.2 Å². The number of benzene rings is 2. The Hall–Kier alpha value is -2.53. The molecule has 1 unspecified atom stereocenters. The first kappa shape index (κ1) is 16.9. The Labute approximate surface area is 153 Å². The number of carboxylic acids is 1. The highest BCUT2D eigenvalue weighted by molar-refractivity contribution is 5.71. The Balaban J connectivity index is 1.35. The molecule has 1 N–H and O–H groups in total. The van der Waals surface area contributed by atoms with Crippen LogP contribution in [0.15, 0.2) is 42.5 Å². The van der Waals surface area contributed by atoms with Crippen LogP contribution in [0.1, 0.15) is 16.7 Å². The van der Waals surface area contributed by atoms with Crippen molar-refractivity contribution in [2.24, 2.45) is 5.92 Å². The summed E-state index contributed by atoms with van der Waals surface area (Å²) in [5.74, 6) is 0.748. The zero-order chi connectivity index (χ0) is 18.1. The summed E-state index contributed by atoms with van der Waals surface area (Å²) in [7, 11) is 0. The van der Waals surface area contributed by atoms with E-state index in [1.54, 1.807) is 0 Å². The number of likely N-dealkylation sites (tertiary alicyclic amines) is 1. The van der Waals surface area contributed by atoms with E-state index in [4.69, 9.17) is 14.6 Å². The standard InChI is InChI=1S/C21H23NO4/c1-14-2-4-15(5-3-14)12-25-19-7-6-16-8-18(13-26-20(16)9-19)22-10-17(11-22)21(23)24/h2-7,9,17-18H,8,10-13H2,1H3,(H,23,24). The molecule has 1 fully saturated rings. The average Bonchev–Trinajstić information content (AvgIpc) is 2.59. The third kappa shape index (κ3) is 3.53. The van der Waals surface area contributed by atoms with Gasteiger partial charge in [0.1, 0.15) is 24.7 Å². The summed E-state index contributed by atoms with van der Waals surface area (Å²) in [5, 5.41) is 9.01. The topological polar surface area (TPSA) is 59.0 Å². The van der Waals surface area contributed by atoms with Gasteiger partial charge in [0.2, 0.25) is 0 Å². The van der Waals surface area contributed by atoms with Gasteiger partial charge >= 0.3 is 5.97 Å². The SMILES string of the molecule is Cc1ccc(COc2ccc3c(c2)OCC(N2CC(C(=O)O)C2)C3)cc1. The van der Waals surface area contributed by atoms with E-state index >= 15 is 0 Å². The molecule has 4 rings (SSSR count). The van der Waals surface area contributed by atoms with Crippen molar-refractivity contribution in [2.75, 3.05) is 19.7 Å². The van der Waals surface area contributed by atoms with E-state index in [1.807, 2.05) is 12.1 Å². The molecule has 0 amide bonds. The molecular formula is C21H23NO4. The maximum absolute atomic E-state index is 11.0. The molecule has 2 aromatic rings. The predicted molar refractivity (Wildman–Crippen MR) is 97.6 cm³/mol. The summed E-state index contributed by atoms with van der Waals surface area (Å²) in [6, 6.07) is 14.6. The lowest BCUT2D eigenvalue weighted by Gasteiger charge is -2.43. The van der Waals surface area contributed by atoms with Gasteiger partial charge in [-0.15, -0.1) is 0 Å². The zero-order valence-electron chi connectivity index (χ0n) is 14.9. The van der Waals surface area contributed by atoms with E-state index in [2.05, 4.69) is 42.2 Å². The number of aryl methyl sites for hydroxylation is 1. The Kier molecular flexibility index (Phi) is 4.55. The minimum Gasteiger partial charge on any atom is -0.492 e. The third-order valence-corrected chi connectivity index (χ3v) is 5.23. The molecule has 26 heavy (non-hydrogen) atoms. The number of ether oxygens (including phenoxy) is 2. The lowest BCUT2D eigenvalue weighted by Crippen LogP contribution is -2.57. The van der Waals surface area contributed by atoms with Crippen LogP contribution in [0.25, 0.3) is 0 Å². The lowest BCUT2D eigenvalue weighted by molar-refractivity contribution is -0.149. The number of aliphatic carboxylic acids is 1. The van der Waals surface area contributed by atoms with Gasteiger partial charge in [0.15, 0.2) is 0 Å². The van der Waals surface area contributed by atoms with Gasteiger partial charge in [-0.25, -0.2) is 0 Å². The van der Waals surface area contributed by atoms with Crippen LogP contribution >= 0.6 is 0 Å². The highest BCUT2D eigenvalue weighted by Gasteiger charge is 2.38. The van der Waals surface area contributed by atoms with E-state index in [9.17, 15) is 4.79 Å². The van der Waals surface area contributed by atoms with Crippen molar-refractivity contribution < 1.29 is 19.4 Å². The maximum atomic E-state index is 11.0. The van der Waals surface area contributed by atoms with Gasteiger partial charge in [-0.05, 0) is 30.5 Å². The van der Waals surface area contributed by atoms with Crippen LogP contribution in [0.4, 0.5) is 0 Å². The first-order valence-corrected chi connectivity index (χ1v) is 8.99. The second kappa shape index (κ2) is 7.00. The molecular weight excluding hydrogens is 330 g/mol. The highest BCUT2D eigenvalue weighted by atomic mass is 16.5. The molecule has 1 atom stereocenters. The smallest absolute Gasteiger partial charge is 0.309 e. The van der Waals surface area contributed by atoms with Gasteiger partial charge in [0.25, 0.3) is 0 Å². The molecule has 0 bridgehead atoms. The number of fused-ring (bicyclic) bond motifs is 1. The fourth-order valence-electron chi connectivity index (χ4n) is 3.48.